The van der Waals surface area contributed by atoms with Crippen LogP contribution in [-0.2, 0) is 6.18 Å². The summed E-state index contributed by atoms with van der Waals surface area (Å²) in [6, 6.07) is 55.6. The lowest BCUT2D eigenvalue weighted by Gasteiger charge is -2.23. The van der Waals surface area contributed by atoms with E-state index in [1.165, 1.54) is 6.07 Å². The van der Waals surface area contributed by atoms with E-state index in [1.807, 2.05) is 83.4 Å². The van der Waals surface area contributed by atoms with Crippen molar-refractivity contribution in [3.05, 3.63) is 192 Å². The Balaban J connectivity index is 1.34. The van der Waals surface area contributed by atoms with Crippen molar-refractivity contribution in [3.8, 4) is 50.8 Å². The molecule has 0 aliphatic carbocycles. The number of fused-ring (bicyclic) bond motifs is 6. The van der Waals surface area contributed by atoms with E-state index in [2.05, 4.69) is 85.1 Å². The first-order valence-corrected chi connectivity index (χ1v) is 19.6. The van der Waals surface area contributed by atoms with E-state index in [4.69, 9.17) is 0 Å². The smallest absolute Gasteiger partial charge is 0.308 e. The topological polar surface area (TPSA) is 33.6 Å². The highest BCUT2D eigenvalue weighted by molar-refractivity contribution is 6.13. The standard InChI is InChI=1S/C53H36F3N3/c1-32-13-4-6-16-37(32)35-23-26-48-42(29-35)39-18-8-10-21-46(39)58(48)50-28-25-41(51-34(3)15-12-20-45(51)53(54,55)56)52(44(50)31-57)59-47-22-11-9-19-40(47)43-30-36(24-27-49(43)59)38-17-7-5-14-33(38)2/h4-30H,1-3H3. The molecule has 0 saturated carbocycles. The third-order valence-corrected chi connectivity index (χ3v) is 11.8. The highest BCUT2D eigenvalue weighted by atomic mass is 19.4. The number of rotatable bonds is 5. The first-order valence-electron chi connectivity index (χ1n) is 19.6. The third-order valence-electron chi connectivity index (χ3n) is 11.8. The number of nitrogens with zero attached hydrogens (tertiary/aromatic N) is 3. The maximum absolute atomic E-state index is 15.1. The summed E-state index contributed by atoms with van der Waals surface area (Å²) in [5.41, 5.74) is 11.3. The number of hydrogen-bond acceptors (Lipinski definition) is 1. The normalized spacial score (nSPS) is 11.9. The van der Waals surface area contributed by atoms with Crippen LogP contribution in [0.15, 0.2) is 164 Å². The van der Waals surface area contributed by atoms with Gasteiger partial charge in [-0.1, -0.05) is 115 Å². The number of halogens is 3. The Bertz CT molecular complexity index is 3370. The van der Waals surface area contributed by atoms with Gasteiger partial charge in [0, 0.05) is 27.1 Å². The number of alkyl halides is 3. The van der Waals surface area contributed by atoms with Crippen molar-refractivity contribution in [2.45, 2.75) is 26.9 Å². The molecule has 0 spiro atoms. The molecule has 0 radical (unpaired) electrons. The zero-order valence-electron chi connectivity index (χ0n) is 32.6. The summed E-state index contributed by atoms with van der Waals surface area (Å²) in [7, 11) is 0. The van der Waals surface area contributed by atoms with Crippen molar-refractivity contribution < 1.29 is 13.2 Å². The molecule has 8 aromatic carbocycles. The van der Waals surface area contributed by atoms with Gasteiger partial charge in [0.1, 0.15) is 11.6 Å². The number of nitriles is 1. The molecule has 0 aliphatic rings. The van der Waals surface area contributed by atoms with Gasteiger partial charge < -0.3 is 9.13 Å². The minimum Gasteiger partial charge on any atom is -0.308 e. The fraction of sp³-hybridized carbons (Fsp3) is 0.0755. The highest BCUT2D eigenvalue weighted by Gasteiger charge is 2.36. The molecule has 0 aliphatic heterocycles. The van der Waals surface area contributed by atoms with Crippen LogP contribution in [0.1, 0.15) is 27.8 Å². The molecule has 59 heavy (non-hydrogen) atoms. The van der Waals surface area contributed by atoms with Crippen molar-refractivity contribution in [3.63, 3.8) is 0 Å². The van der Waals surface area contributed by atoms with Crippen LogP contribution >= 0.6 is 0 Å². The molecule has 0 atom stereocenters. The van der Waals surface area contributed by atoms with Crippen LogP contribution in [0.25, 0.3) is 88.4 Å². The van der Waals surface area contributed by atoms with Gasteiger partial charge in [-0.05, 0) is 114 Å². The van der Waals surface area contributed by atoms with E-state index < -0.39 is 11.7 Å². The van der Waals surface area contributed by atoms with Crippen molar-refractivity contribution in [1.29, 1.82) is 5.26 Å². The molecule has 0 amide bonds. The Morgan fingerprint density at radius 3 is 1.51 bits per heavy atom. The molecule has 6 heteroatoms. The van der Waals surface area contributed by atoms with Crippen LogP contribution in [0.3, 0.4) is 0 Å². The zero-order chi connectivity index (χ0) is 40.6. The minimum absolute atomic E-state index is 0.0469. The lowest BCUT2D eigenvalue weighted by molar-refractivity contribution is -0.137. The van der Waals surface area contributed by atoms with Crippen LogP contribution < -0.4 is 0 Å². The van der Waals surface area contributed by atoms with Crippen LogP contribution in [0.4, 0.5) is 13.2 Å². The Labute approximate surface area is 339 Å². The fourth-order valence-corrected chi connectivity index (χ4v) is 9.15. The number of aromatic nitrogens is 2. The second-order valence-electron chi connectivity index (χ2n) is 15.3. The summed E-state index contributed by atoms with van der Waals surface area (Å²) in [4.78, 5) is 0. The first kappa shape index (κ1) is 36.0. The molecule has 2 aromatic heterocycles. The molecule has 0 fully saturated rings. The van der Waals surface area contributed by atoms with Crippen molar-refractivity contribution in [1.82, 2.24) is 9.13 Å². The van der Waals surface area contributed by atoms with Gasteiger partial charge in [-0.15, -0.1) is 0 Å². The van der Waals surface area contributed by atoms with Gasteiger partial charge >= 0.3 is 6.18 Å². The molecule has 0 unspecified atom stereocenters. The fourth-order valence-electron chi connectivity index (χ4n) is 9.15. The van der Waals surface area contributed by atoms with Gasteiger partial charge in [0.15, 0.2) is 0 Å². The average molecular weight is 772 g/mol. The van der Waals surface area contributed by atoms with E-state index in [9.17, 15) is 5.26 Å². The molecule has 10 rings (SSSR count). The first-order chi connectivity index (χ1) is 28.6. The van der Waals surface area contributed by atoms with Gasteiger partial charge in [-0.25, -0.2) is 0 Å². The van der Waals surface area contributed by atoms with E-state index in [1.54, 1.807) is 19.1 Å². The molecule has 10 aromatic rings. The van der Waals surface area contributed by atoms with Gasteiger partial charge in [-0.3, -0.25) is 0 Å². The van der Waals surface area contributed by atoms with Gasteiger partial charge in [-0.2, -0.15) is 18.4 Å². The number of hydrogen-bond donors (Lipinski definition) is 0. The third kappa shape index (κ3) is 5.65. The zero-order valence-corrected chi connectivity index (χ0v) is 32.6. The SMILES string of the molecule is Cc1ccccc1-c1ccc2c(c1)c1ccccc1n2-c1ccc(-c2c(C)cccc2C(F)(F)F)c(-n2c3ccccc3c3cc(-c4ccccc4C)ccc32)c1C#N. The summed E-state index contributed by atoms with van der Waals surface area (Å²) in [5.74, 6) is 0. The summed E-state index contributed by atoms with van der Waals surface area (Å²) < 4.78 is 49.3. The van der Waals surface area contributed by atoms with Crippen LogP contribution in [0.5, 0.6) is 0 Å². The second-order valence-corrected chi connectivity index (χ2v) is 15.3. The van der Waals surface area contributed by atoms with Gasteiger partial charge in [0.2, 0.25) is 0 Å². The molecule has 0 N–H and O–H groups in total. The Morgan fingerprint density at radius 2 is 0.949 bits per heavy atom. The van der Waals surface area contributed by atoms with Gasteiger partial charge in [0.25, 0.3) is 0 Å². The minimum atomic E-state index is -4.64. The maximum Gasteiger partial charge on any atom is 0.417 e. The Kier molecular flexibility index (Phi) is 8.33. The molecular weight excluding hydrogens is 736 g/mol. The molecule has 0 saturated heterocycles. The number of aryl methyl sites for hydroxylation is 3. The Hall–Kier alpha value is -7.36. The van der Waals surface area contributed by atoms with E-state index in [0.29, 0.717) is 22.5 Å². The van der Waals surface area contributed by atoms with Crippen molar-refractivity contribution >= 4 is 43.6 Å². The lowest BCUT2D eigenvalue weighted by atomic mass is 9.91. The molecule has 3 nitrogen and oxygen atoms in total. The second kappa shape index (κ2) is 13.6. The van der Waals surface area contributed by atoms with Crippen molar-refractivity contribution in [2.24, 2.45) is 0 Å². The summed E-state index contributed by atoms with van der Waals surface area (Å²) >= 11 is 0. The molecular formula is C53H36F3N3. The van der Waals surface area contributed by atoms with E-state index in [-0.39, 0.29) is 11.1 Å². The van der Waals surface area contributed by atoms with Crippen LogP contribution in [0.2, 0.25) is 0 Å². The molecule has 284 valence electrons. The quantitative estimate of drug-likeness (QED) is 0.172. The monoisotopic (exact) mass is 771 g/mol. The average Bonchev–Trinajstić information content (AvgIpc) is 3.75. The number of para-hydroxylation sites is 2. The van der Waals surface area contributed by atoms with Crippen LogP contribution in [-0.4, -0.2) is 9.13 Å². The van der Waals surface area contributed by atoms with Crippen LogP contribution in [0, 0.1) is 32.1 Å². The highest BCUT2D eigenvalue weighted by Crippen LogP contribution is 2.47. The molecule has 0 bridgehead atoms. The van der Waals surface area contributed by atoms with Gasteiger partial charge in [0.05, 0.1) is 39.0 Å². The van der Waals surface area contributed by atoms with E-state index in [0.717, 1.165) is 83.1 Å². The van der Waals surface area contributed by atoms with E-state index >= 15 is 13.2 Å². The lowest BCUT2D eigenvalue weighted by Crippen LogP contribution is -2.11. The molecule has 2 heterocycles. The summed E-state index contributed by atoms with van der Waals surface area (Å²) in [5, 5.41) is 15.4. The Morgan fingerprint density at radius 1 is 0.458 bits per heavy atom. The summed E-state index contributed by atoms with van der Waals surface area (Å²) in [6.07, 6.45) is -4.64. The largest absolute Gasteiger partial charge is 0.417 e. The number of benzene rings is 8. The van der Waals surface area contributed by atoms with Crippen molar-refractivity contribution in [2.75, 3.05) is 0 Å². The predicted octanol–water partition coefficient (Wildman–Crippen LogP) is 14.7. The maximum atomic E-state index is 15.1. The summed E-state index contributed by atoms with van der Waals surface area (Å²) in [6.45, 7) is 5.88. The predicted molar refractivity (Wildman–Crippen MR) is 235 cm³/mol.